The minimum atomic E-state index is -4.08. The summed E-state index contributed by atoms with van der Waals surface area (Å²) in [5, 5.41) is 24.4. The molecule has 14 amide bonds. The van der Waals surface area contributed by atoms with Gasteiger partial charge >= 0.3 is 18.2 Å². The predicted octanol–water partition coefficient (Wildman–Crippen LogP) is 7.98. The van der Waals surface area contributed by atoms with Gasteiger partial charge in [0.15, 0.2) is 0 Å². The standard InChI is InChI=1S/C100H143N17O21S3/c1-18-61(8)86(115(15)95(127)84(59(4)5)112-94(126)85(60(6)7)114(13)14)79(133-16)54-81(119)117-45-23-27-78(117)87(134-17)62(9)88(120)110-75(92(124)113-141(131,132)69-37-38-69)52-63-30-35-68(36-31-63)138-98(130)116-46-40-65(41-47-116)90(122)108-72-25-21-19-20-24-70-82(72)100(11)99(70,10)139-56-76-77(57-140-100)107-74-53-66(32-39-71(74)106-76)89(121)103-44-49-136-51-50-135-48-42-80(118)111-83(58(2)3)93(125)109-73(26-22-43-104-96(101)128)91(123)105-67-33-28-64(29-34-67)55-137-97(129)102-12/h19-21,24-25,28-36,39,53,58-62,65,69,73,75,78-79,83-87H,18,22-23,26-27,37-38,40-52,54-57H2,1-17H3,(H,102,129)(H,103,121)(H,105,123)(H,108,122)(H,109,125)(H,110,120)(H,111,118)(H,112,126)(H,113,124)(H3,101,104,128)/b20-19?,21-19-,24-20-,25-21?,70-24?,72-25+,82-72?/t61-,62+,73-,75-,78-,79+,83-,84-,85-,86-,87+,99?,100?/m0/s1. The Bertz CT molecular complexity index is 5350. The molecule has 1 saturated carbocycles. The minimum Gasteiger partial charge on any atom is -0.445 e. The number of anilines is 1. The van der Waals surface area contributed by atoms with Crippen LogP contribution in [-0.2, 0) is 101 Å². The number of nitrogens with one attached hydrogen (secondary N) is 10. The Morgan fingerprint density at radius 2 is 1.30 bits per heavy atom. The zero-order valence-corrected chi connectivity index (χ0v) is 86.5. The number of likely N-dealkylation sites (tertiary alicyclic amines) is 2. The summed E-state index contributed by atoms with van der Waals surface area (Å²) >= 11 is 3.46. The summed E-state index contributed by atoms with van der Waals surface area (Å²) in [4.78, 5) is 194. The van der Waals surface area contributed by atoms with Gasteiger partial charge in [0.05, 0.1) is 106 Å². The molecule has 772 valence electrons. The summed E-state index contributed by atoms with van der Waals surface area (Å²) in [6, 6.07) is 11.3. The number of primary amides is 1. The topological polar surface area (TPSA) is 496 Å². The number of nitrogens with two attached hydrogens (primary N) is 1. The molecular weight excluding hydrogens is 1870 g/mol. The lowest BCUT2D eigenvalue weighted by molar-refractivity contribution is -0.148. The number of carbonyl (C=O) groups excluding carboxylic acids is 13. The minimum absolute atomic E-state index is 0.00603. The van der Waals surface area contributed by atoms with Gasteiger partial charge in [-0.2, -0.15) is 0 Å². The van der Waals surface area contributed by atoms with Gasteiger partial charge in [-0.05, 0) is 174 Å². The van der Waals surface area contributed by atoms with E-state index in [1.54, 1.807) is 116 Å². The maximum Gasteiger partial charge on any atom is 0.415 e. The number of likely N-dealkylation sites (N-methyl/N-ethyl adjacent to an activating group) is 2. The van der Waals surface area contributed by atoms with Crippen molar-refractivity contribution < 1.29 is 99.2 Å². The maximum atomic E-state index is 14.7. The van der Waals surface area contributed by atoms with Crippen molar-refractivity contribution in [1.29, 1.82) is 0 Å². The molecule has 4 aromatic rings. The van der Waals surface area contributed by atoms with Crippen LogP contribution in [-0.4, -0.2) is 286 Å². The van der Waals surface area contributed by atoms with Crippen LogP contribution in [0.2, 0.25) is 0 Å². The lowest BCUT2D eigenvalue weighted by atomic mass is 9.66. The first-order valence-electron chi connectivity index (χ1n) is 48.6. The van der Waals surface area contributed by atoms with Gasteiger partial charge in [-0.15, -0.1) is 23.5 Å². The van der Waals surface area contributed by atoms with Crippen LogP contribution in [0, 0.1) is 35.5 Å². The molecule has 2 unspecified atom stereocenters. The lowest BCUT2D eigenvalue weighted by Gasteiger charge is -2.58. The van der Waals surface area contributed by atoms with Crippen molar-refractivity contribution in [3.05, 3.63) is 142 Å². The number of allylic oxidation sites excluding steroid dienone is 6. The molecule has 13 atom stereocenters. The molecule has 38 nitrogen and oxygen atoms in total. The molecule has 3 aromatic carbocycles. The molecule has 0 bridgehead atoms. The van der Waals surface area contributed by atoms with Crippen LogP contribution < -0.4 is 63.0 Å². The van der Waals surface area contributed by atoms with Crippen LogP contribution in [0.15, 0.2) is 114 Å². The number of rotatable bonds is 48. The Morgan fingerprint density at radius 1 is 0.652 bits per heavy atom. The van der Waals surface area contributed by atoms with Crippen molar-refractivity contribution in [3.63, 3.8) is 0 Å². The summed E-state index contributed by atoms with van der Waals surface area (Å²) in [5.41, 5.74) is 12.7. The number of piperidine rings is 1. The zero-order chi connectivity index (χ0) is 103. The van der Waals surface area contributed by atoms with Crippen molar-refractivity contribution in [3.8, 4) is 5.75 Å². The monoisotopic (exact) mass is 2010 g/mol. The Morgan fingerprint density at radius 3 is 1.93 bits per heavy atom. The highest BCUT2D eigenvalue weighted by atomic mass is 32.2. The van der Waals surface area contributed by atoms with E-state index >= 15 is 0 Å². The molecule has 0 radical (unpaired) electrons. The SMILES string of the molecule is CC[C@H](C)[C@@H]([C@@H](CC(=O)N1CCC[C@H]1[C@H](OC)[C@@H](C)C(=O)N[C@@H](Cc1ccc(OC(=O)N2CCC(C(=O)N/C3=C/C=C\C=C/C4=C3C3(C)SCc5nc6cc(C(=O)NCCOCCOCCC(=O)N[C@H](C(=O)N[C@@H](CCCNC(N)=O)C(=O)Nc7ccc(COC(=O)NC)cc7)C(C)C)ccc6nc5CSC43C)CC2)cc1)C(=O)NS(=O)(=O)C1CC1)OC)N(C)C(=O)[C@@H](NC(=O)[C@H](C(C)C)N(C)C)C(C)C. The van der Waals surface area contributed by atoms with Crippen LogP contribution in [0.25, 0.3) is 11.0 Å². The molecule has 41 heteroatoms. The third kappa shape index (κ3) is 29.6. The number of ether oxygens (including phenoxy) is 6. The van der Waals surface area contributed by atoms with E-state index in [9.17, 15) is 70.7 Å². The maximum absolute atomic E-state index is 14.7. The lowest BCUT2D eigenvalue weighted by Crippen LogP contribution is -2.59. The second-order valence-corrected chi connectivity index (χ2v) is 43.1. The van der Waals surface area contributed by atoms with E-state index < -0.39 is 139 Å². The number of methoxy groups -OCH3 is 2. The number of carbonyl (C=O) groups is 13. The summed E-state index contributed by atoms with van der Waals surface area (Å²) < 4.78 is 62.4. The van der Waals surface area contributed by atoms with Gasteiger partial charge in [0.25, 0.3) is 11.8 Å². The summed E-state index contributed by atoms with van der Waals surface area (Å²) in [6.45, 7) is 22.7. The number of nitrogens with zero attached hydrogens (tertiary/aromatic N) is 6. The van der Waals surface area contributed by atoms with Crippen LogP contribution in [0.5, 0.6) is 5.75 Å². The number of hydrogen-bond donors (Lipinski definition) is 11. The summed E-state index contributed by atoms with van der Waals surface area (Å²) in [5.74, 6) is -5.65. The van der Waals surface area contributed by atoms with Crippen LogP contribution in [0.3, 0.4) is 0 Å². The van der Waals surface area contributed by atoms with E-state index in [4.69, 9.17) is 44.1 Å². The van der Waals surface area contributed by atoms with E-state index in [0.717, 1.165) is 22.5 Å². The van der Waals surface area contributed by atoms with Gasteiger partial charge in [0, 0.05) is 108 Å². The first-order chi connectivity index (χ1) is 67.0. The molecule has 3 aliphatic heterocycles. The number of alkyl carbamates (subject to hydrolysis) is 1. The fraction of sp³-hybridized carbons (Fsp3) is 0.590. The van der Waals surface area contributed by atoms with E-state index in [2.05, 4.69) is 72.5 Å². The van der Waals surface area contributed by atoms with Crippen molar-refractivity contribution in [2.75, 3.05) is 107 Å². The highest BCUT2D eigenvalue weighted by molar-refractivity contribution is 8.04. The number of amides is 14. The van der Waals surface area contributed by atoms with Gasteiger partial charge in [-0.1, -0.05) is 117 Å². The van der Waals surface area contributed by atoms with Gasteiger partial charge in [-0.25, -0.2) is 32.8 Å². The number of urea groups is 1. The number of aromatic nitrogens is 2. The highest BCUT2D eigenvalue weighted by Gasteiger charge is 2.61. The van der Waals surface area contributed by atoms with Crippen molar-refractivity contribution in [1.82, 2.24) is 76.8 Å². The predicted molar refractivity (Wildman–Crippen MR) is 537 cm³/mol. The molecule has 2 saturated heterocycles. The first kappa shape index (κ1) is 112. The zero-order valence-electron chi connectivity index (χ0n) is 84.0. The quantitative estimate of drug-likeness (QED) is 0.0187. The van der Waals surface area contributed by atoms with Crippen molar-refractivity contribution in [2.45, 2.75) is 241 Å². The molecular formula is C100H143N17O21S3. The van der Waals surface area contributed by atoms with E-state index in [-0.39, 0.29) is 150 Å². The Hall–Kier alpha value is -11.1. The number of benzene rings is 3. The Labute approximate surface area is 835 Å². The second kappa shape index (κ2) is 51.7. The molecule has 3 aliphatic carbocycles. The molecule has 6 aliphatic rings. The van der Waals surface area contributed by atoms with Crippen molar-refractivity contribution in [2.24, 2.45) is 41.2 Å². The largest absolute Gasteiger partial charge is 0.445 e. The van der Waals surface area contributed by atoms with Crippen LogP contribution in [0.4, 0.5) is 20.1 Å². The third-order valence-corrected chi connectivity index (χ3v) is 32.2. The van der Waals surface area contributed by atoms with Crippen LogP contribution >= 0.6 is 23.5 Å². The van der Waals surface area contributed by atoms with E-state index in [1.165, 1.54) is 38.3 Å². The molecule has 10 rings (SSSR count). The summed E-state index contributed by atoms with van der Waals surface area (Å²) in [7, 11) is 5.64. The van der Waals surface area contributed by atoms with Crippen molar-refractivity contribution >= 4 is 128 Å². The average molecular weight is 2020 g/mol. The molecule has 141 heavy (non-hydrogen) atoms. The third-order valence-electron chi connectivity index (χ3n) is 27.0. The Kier molecular flexibility index (Phi) is 41.1. The number of hydrogen-bond acceptors (Lipinski definition) is 26. The van der Waals surface area contributed by atoms with E-state index in [1.807, 2.05) is 84.8 Å². The van der Waals surface area contributed by atoms with E-state index in [0.29, 0.717) is 102 Å². The van der Waals surface area contributed by atoms with Crippen LogP contribution in [0.1, 0.15) is 180 Å². The average Bonchev–Trinajstić information content (AvgIpc) is 1.24. The van der Waals surface area contributed by atoms with Gasteiger partial charge in [-0.3, -0.25) is 57.6 Å². The molecule has 4 heterocycles. The summed E-state index contributed by atoms with van der Waals surface area (Å²) in [6.07, 6.45) is 10.1. The highest BCUT2D eigenvalue weighted by Crippen LogP contribution is 2.66. The first-order valence-corrected chi connectivity index (χ1v) is 52.1. The van der Waals surface area contributed by atoms with Gasteiger partial charge < -0.3 is 96.7 Å². The molecule has 0 spiro atoms. The van der Waals surface area contributed by atoms with Gasteiger partial charge in [0.2, 0.25) is 57.3 Å². The fourth-order valence-electron chi connectivity index (χ4n) is 18.5. The number of fused-ring (bicyclic) bond motifs is 5. The van der Waals surface area contributed by atoms with Gasteiger partial charge in [0.1, 0.15) is 36.5 Å². The second-order valence-electron chi connectivity index (χ2n) is 38.3. The normalized spacial score (nSPS) is 20.5. The molecule has 1 aromatic heterocycles. The number of thioether (sulfide) groups is 2. The molecule has 3 fully saturated rings. The molecule has 12 N–H and O–H groups in total. The smallest absolute Gasteiger partial charge is 0.415 e. The Balaban J connectivity index is 0.674. The fourth-order valence-corrected chi connectivity index (χ4v) is 23.0. The number of sulfonamides is 1.